The minimum absolute atomic E-state index is 0.0452. The molecule has 2 aromatic rings. The van der Waals surface area contributed by atoms with Crippen LogP contribution in [0, 0.1) is 0 Å². The first-order valence-corrected chi connectivity index (χ1v) is 11.9. The number of rotatable bonds is 10. The minimum atomic E-state index is -3.00. The maximum Gasteiger partial charge on any atom is 0.251 e. The second-order valence-electron chi connectivity index (χ2n) is 7.12. The van der Waals surface area contributed by atoms with E-state index >= 15 is 0 Å². The van der Waals surface area contributed by atoms with Crippen molar-refractivity contribution in [3.63, 3.8) is 0 Å². The molecule has 0 spiro atoms. The maximum absolute atomic E-state index is 12.4. The number of carbonyl (C=O) groups excluding carboxylic acids is 1. The van der Waals surface area contributed by atoms with Gasteiger partial charge in [0, 0.05) is 24.4 Å². The Morgan fingerprint density at radius 3 is 2.67 bits per heavy atom. The highest BCUT2D eigenvalue weighted by atomic mass is 32.2. The monoisotopic (exact) mass is 434 g/mol. The van der Waals surface area contributed by atoms with Crippen molar-refractivity contribution >= 4 is 21.7 Å². The van der Waals surface area contributed by atoms with Gasteiger partial charge in [-0.1, -0.05) is 12.1 Å². The molecule has 2 rings (SSSR count). The molecule has 0 radical (unpaired) electrons. The highest BCUT2D eigenvalue weighted by Gasteiger charge is 2.10. The minimum Gasteiger partial charge on any atom is -0.467 e. The van der Waals surface area contributed by atoms with Gasteiger partial charge in [0.15, 0.2) is 5.96 Å². The zero-order valence-electron chi connectivity index (χ0n) is 17.6. The van der Waals surface area contributed by atoms with E-state index in [1.807, 2.05) is 26.0 Å². The van der Waals surface area contributed by atoms with Crippen molar-refractivity contribution in [2.24, 2.45) is 4.99 Å². The fourth-order valence-corrected chi connectivity index (χ4v) is 3.46. The third-order valence-electron chi connectivity index (χ3n) is 4.26. The van der Waals surface area contributed by atoms with Crippen LogP contribution in [0.4, 0.5) is 0 Å². The van der Waals surface area contributed by atoms with E-state index in [9.17, 15) is 13.2 Å². The lowest BCUT2D eigenvalue weighted by molar-refractivity contribution is 0.0948. The van der Waals surface area contributed by atoms with Gasteiger partial charge in [-0.05, 0) is 50.1 Å². The normalized spacial score (nSPS) is 13.0. The van der Waals surface area contributed by atoms with Crippen molar-refractivity contribution in [3.05, 3.63) is 59.5 Å². The first-order chi connectivity index (χ1) is 14.3. The zero-order chi connectivity index (χ0) is 22.0. The van der Waals surface area contributed by atoms with Crippen molar-refractivity contribution in [2.45, 2.75) is 39.4 Å². The maximum atomic E-state index is 12.4. The number of aliphatic imine (C=N–C) groups is 1. The topological polar surface area (TPSA) is 113 Å². The molecule has 0 bridgehead atoms. The molecule has 30 heavy (non-hydrogen) atoms. The van der Waals surface area contributed by atoms with Crippen LogP contribution in [-0.4, -0.2) is 44.9 Å². The largest absolute Gasteiger partial charge is 0.467 e. The number of amides is 1. The van der Waals surface area contributed by atoms with Gasteiger partial charge in [-0.3, -0.25) is 4.79 Å². The lowest BCUT2D eigenvalue weighted by Gasteiger charge is -2.17. The molecule has 1 aromatic heterocycles. The summed E-state index contributed by atoms with van der Waals surface area (Å²) in [4.78, 5) is 16.9. The summed E-state index contributed by atoms with van der Waals surface area (Å²) in [5.41, 5.74) is 1.44. The molecule has 0 saturated carbocycles. The number of sulfone groups is 1. The Hall–Kier alpha value is -2.81. The standard InChI is InChI=1S/C21H30N4O4S/c1-4-22-21(25-16(2)10-12-30(3,27)28)24-14-17-7-5-8-18(13-17)20(26)23-15-19-9-6-11-29-19/h5-9,11,13,16H,4,10,12,14-15H2,1-3H3,(H,23,26)(H2,22,24,25). The van der Waals surface area contributed by atoms with Crippen LogP contribution < -0.4 is 16.0 Å². The van der Waals surface area contributed by atoms with Gasteiger partial charge in [-0.2, -0.15) is 0 Å². The summed E-state index contributed by atoms with van der Waals surface area (Å²) in [7, 11) is -3.00. The Balaban J connectivity index is 1.96. The Morgan fingerprint density at radius 2 is 2.00 bits per heavy atom. The molecule has 0 aliphatic rings. The van der Waals surface area contributed by atoms with Gasteiger partial charge in [-0.25, -0.2) is 13.4 Å². The first-order valence-electron chi connectivity index (χ1n) is 9.89. The molecule has 0 aliphatic carbocycles. The number of nitrogens with zero attached hydrogens (tertiary/aromatic N) is 1. The van der Waals surface area contributed by atoms with E-state index in [2.05, 4.69) is 20.9 Å². The molecular weight excluding hydrogens is 404 g/mol. The molecule has 164 valence electrons. The summed E-state index contributed by atoms with van der Waals surface area (Å²) in [6.07, 6.45) is 3.30. The van der Waals surface area contributed by atoms with E-state index in [0.717, 1.165) is 5.56 Å². The highest BCUT2D eigenvalue weighted by Crippen LogP contribution is 2.08. The van der Waals surface area contributed by atoms with E-state index < -0.39 is 9.84 Å². The lowest BCUT2D eigenvalue weighted by atomic mass is 10.1. The number of benzene rings is 1. The summed E-state index contributed by atoms with van der Waals surface area (Å²) >= 11 is 0. The van der Waals surface area contributed by atoms with Crippen LogP contribution in [0.1, 0.15) is 41.9 Å². The third-order valence-corrected chi connectivity index (χ3v) is 5.24. The van der Waals surface area contributed by atoms with Gasteiger partial charge < -0.3 is 20.4 Å². The van der Waals surface area contributed by atoms with Crippen LogP contribution in [0.5, 0.6) is 0 Å². The molecule has 8 nitrogen and oxygen atoms in total. The van der Waals surface area contributed by atoms with Crippen molar-refractivity contribution in [3.8, 4) is 0 Å². The molecule has 0 saturated heterocycles. The van der Waals surface area contributed by atoms with Crippen molar-refractivity contribution < 1.29 is 17.6 Å². The van der Waals surface area contributed by atoms with E-state index in [1.165, 1.54) is 6.26 Å². The van der Waals surface area contributed by atoms with Crippen LogP contribution in [0.25, 0.3) is 0 Å². The highest BCUT2D eigenvalue weighted by molar-refractivity contribution is 7.90. The average molecular weight is 435 g/mol. The molecule has 1 atom stereocenters. The fourth-order valence-electron chi connectivity index (χ4n) is 2.68. The van der Waals surface area contributed by atoms with E-state index in [1.54, 1.807) is 30.5 Å². The van der Waals surface area contributed by atoms with Gasteiger partial charge >= 0.3 is 0 Å². The number of guanidine groups is 1. The first kappa shape index (κ1) is 23.5. The number of nitrogens with one attached hydrogen (secondary N) is 3. The number of carbonyl (C=O) groups is 1. The number of hydrogen-bond donors (Lipinski definition) is 3. The van der Waals surface area contributed by atoms with Gasteiger partial charge in [0.2, 0.25) is 0 Å². The van der Waals surface area contributed by atoms with Crippen LogP contribution in [0.15, 0.2) is 52.1 Å². The summed E-state index contributed by atoms with van der Waals surface area (Å²) in [5, 5.41) is 9.20. The van der Waals surface area contributed by atoms with Gasteiger partial charge in [0.25, 0.3) is 5.91 Å². The molecule has 3 N–H and O–H groups in total. The molecule has 1 amide bonds. The van der Waals surface area contributed by atoms with E-state index in [-0.39, 0.29) is 17.7 Å². The van der Waals surface area contributed by atoms with Gasteiger partial charge in [-0.15, -0.1) is 0 Å². The summed E-state index contributed by atoms with van der Waals surface area (Å²) < 4.78 is 27.9. The Kier molecular flexibility index (Phi) is 8.91. The summed E-state index contributed by atoms with van der Waals surface area (Å²) in [6.45, 7) is 5.27. The molecular formula is C21H30N4O4S. The van der Waals surface area contributed by atoms with Crippen LogP contribution in [0.3, 0.4) is 0 Å². The lowest BCUT2D eigenvalue weighted by Crippen LogP contribution is -2.42. The van der Waals surface area contributed by atoms with E-state index in [0.29, 0.717) is 43.3 Å². The smallest absolute Gasteiger partial charge is 0.251 e. The van der Waals surface area contributed by atoms with Crippen LogP contribution in [-0.2, 0) is 22.9 Å². The predicted octanol–water partition coefficient (Wildman–Crippen LogP) is 2.09. The van der Waals surface area contributed by atoms with E-state index in [4.69, 9.17) is 4.42 Å². The summed E-state index contributed by atoms with van der Waals surface area (Å²) in [5.74, 6) is 1.23. The molecule has 1 aromatic carbocycles. The van der Waals surface area contributed by atoms with Crippen molar-refractivity contribution in [2.75, 3.05) is 18.6 Å². The molecule has 1 unspecified atom stereocenters. The Morgan fingerprint density at radius 1 is 1.20 bits per heavy atom. The van der Waals surface area contributed by atoms with Crippen molar-refractivity contribution in [1.82, 2.24) is 16.0 Å². The second-order valence-corrected chi connectivity index (χ2v) is 9.38. The predicted molar refractivity (Wildman–Crippen MR) is 118 cm³/mol. The Labute approximate surface area is 178 Å². The van der Waals surface area contributed by atoms with Crippen molar-refractivity contribution in [1.29, 1.82) is 0 Å². The average Bonchev–Trinajstić information content (AvgIpc) is 3.22. The third kappa shape index (κ3) is 8.69. The van der Waals surface area contributed by atoms with Crippen LogP contribution >= 0.6 is 0 Å². The summed E-state index contributed by atoms with van der Waals surface area (Å²) in [6, 6.07) is 10.8. The van der Waals surface area contributed by atoms with Gasteiger partial charge in [0.1, 0.15) is 15.6 Å². The number of furan rings is 1. The molecule has 0 fully saturated rings. The van der Waals surface area contributed by atoms with Gasteiger partial charge in [0.05, 0.1) is 25.1 Å². The molecule has 9 heteroatoms. The SMILES string of the molecule is CCNC(=NCc1cccc(C(=O)NCc2ccco2)c1)NC(C)CCS(C)(=O)=O. The molecule has 0 aliphatic heterocycles. The molecule has 1 heterocycles. The zero-order valence-corrected chi connectivity index (χ0v) is 18.5. The second kappa shape index (κ2) is 11.4. The number of hydrogen-bond acceptors (Lipinski definition) is 5. The van der Waals surface area contributed by atoms with Crippen LogP contribution in [0.2, 0.25) is 0 Å². The Bertz CT molecular complexity index is 940. The quantitative estimate of drug-likeness (QED) is 0.390. The fraction of sp³-hybridized carbons (Fsp3) is 0.429.